The van der Waals surface area contributed by atoms with Crippen molar-refractivity contribution in [3.63, 3.8) is 0 Å². The minimum atomic E-state index is 0.129. The fourth-order valence-electron chi connectivity index (χ4n) is 10.1. The van der Waals surface area contributed by atoms with Gasteiger partial charge < -0.3 is 9.13 Å². The topological polar surface area (TPSA) is 9.86 Å². The Morgan fingerprint density at radius 2 is 0.922 bits per heavy atom. The lowest BCUT2D eigenvalue weighted by Crippen LogP contribution is -2.59. The summed E-state index contributed by atoms with van der Waals surface area (Å²) in [6.45, 7) is 0.129. The van der Waals surface area contributed by atoms with Crippen LogP contribution in [0.3, 0.4) is 0 Å². The first kappa shape index (κ1) is 26.0. The van der Waals surface area contributed by atoms with Crippen molar-refractivity contribution in [2.45, 2.75) is 0 Å². The molecule has 0 amide bonds. The number of aromatic nitrogens is 2. The Morgan fingerprint density at radius 1 is 0.392 bits per heavy atom. The minimum absolute atomic E-state index is 0.129. The second-order valence-corrected chi connectivity index (χ2v) is 16.6. The van der Waals surface area contributed by atoms with Crippen molar-refractivity contribution in [2.75, 3.05) is 0 Å². The van der Waals surface area contributed by atoms with Crippen LogP contribution in [0.4, 0.5) is 0 Å². The van der Waals surface area contributed by atoms with E-state index in [1.165, 1.54) is 122 Å². The second kappa shape index (κ2) is 8.70. The number of thiophene rings is 2. The predicted octanol–water partition coefficient (Wildman–Crippen LogP) is 10.9. The van der Waals surface area contributed by atoms with Gasteiger partial charge in [-0.05, 0) is 64.2 Å². The molecule has 0 aliphatic carbocycles. The first-order valence-corrected chi connectivity index (χ1v) is 19.3. The molecule has 2 nitrogen and oxygen atoms in total. The maximum Gasteiger partial charge on any atom is 0.252 e. The molecule has 0 bridgehead atoms. The van der Waals surface area contributed by atoms with Crippen LogP contribution in [-0.4, -0.2) is 15.8 Å². The molecule has 0 unspecified atom stereocenters. The van der Waals surface area contributed by atoms with E-state index in [9.17, 15) is 0 Å². The molecule has 51 heavy (non-hydrogen) atoms. The van der Waals surface area contributed by atoms with Crippen LogP contribution in [0.1, 0.15) is 0 Å². The van der Waals surface area contributed by atoms with Crippen LogP contribution in [0, 0.1) is 0 Å². The van der Waals surface area contributed by atoms with E-state index in [0.29, 0.717) is 0 Å². The van der Waals surface area contributed by atoms with E-state index in [-0.39, 0.29) is 6.71 Å². The van der Waals surface area contributed by atoms with E-state index < -0.39 is 0 Å². The highest BCUT2D eigenvalue weighted by Gasteiger charge is 2.41. The van der Waals surface area contributed by atoms with Crippen molar-refractivity contribution in [3.8, 4) is 11.4 Å². The first-order chi connectivity index (χ1) is 25.3. The first-order valence-electron chi connectivity index (χ1n) is 17.6. The van der Waals surface area contributed by atoms with E-state index in [4.69, 9.17) is 0 Å². The van der Waals surface area contributed by atoms with Crippen LogP contribution in [-0.2, 0) is 0 Å². The van der Waals surface area contributed by atoms with Gasteiger partial charge in [-0.2, -0.15) is 0 Å². The molecule has 0 saturated carbocycles. The van der Waals surface area contributed by atoms with E-state index in [1.807, 2.05) is 22.7 Å². The molecule has 8 aromatic carbocycles. The molecule has 2 aliphatic heterocycles. The summed E-state index contributed by atoms with van der Waals surface area (Å²) in [6, 6.07) is 53.3. The minimum Gasteiger partial charge on any atom is -0.310 e. The number of rotatable bonds is 0. The average molecular weight is 679 g/mol. The van der Waals surface area contributed by atoms with E-state index in [0.717, 1.165) is 0 Å². The number of benzene rings is 8. The summed E-state index contributed by atoms with van der Waals surface area (Å²) in [6.07, 6.45) is 0. The molecule has 232 valence electrons. The van der Waals surface area contributed by atoms with E-state index >= 15 is 0 Å². The van der Waals surface area contributed by atoms with Gasteiger partial charge in [-0.3, -0.25) is 0 Å². The van der Waals surface area contributed by atoms with Gasteiger partial charge in [0, 0.05) is 84.0 Å². The van der Waals surface area contributed by atoms with Crippen LogP contribution in [0.15, 0.2) is 140 Å². The van der Waals surface area contributed by atoms with Gasteiger partial charge in [0.15, 0.2) is 0 Å². The fourth-order valence-corrected chi connectivity index (χ4v) is 12.3. The molecule has 0 atom stereocenters. The molecule has 6 heterocycles. The normalized spacial score (nSPS) is 13.5. The molecular weight excluding hydrogens is 655 g/mol. The molecule has 14 rings (SSSR count). The summed E-state index contributed by atoms with van der Waals surface area (Å²) >= 11 is 3.81. The molecule has 4 aromatic heterocycles. The molecule has 2 aliphatic rings. The van der Waals surface area contributed by atoms with Gasteiger partial charge in [-0.25, -0.2) is 0 Å². The molecular formula is C46H23BN2S2. The Labute approximate surface area is 299 Å². The third kappa shape index (κ3) is 2.94. The SMILES string of the molecule is c1ccc2c3c4c(cc2c1)-n1c2cc5sc6ccccc6c5cc2c2cccc(c21)B4c1cccc2c4cc5c(cc4n-3c12)sc1ccccc15. The highest BCUT2D eigenvalue weighted by Crippen LogP contribution is 2.45. The second-order valence-electron chi connectivity index (χ2n) is 14.4. The molecule has 0 saturated heterocycles. The Bertz CT molecular complexity index is 3610. The number of nitrogens with zero attached hydrogens (tertiary/aromatic N) is 2. The Kier molecular flexibility index (Phi) is 4.44. The van der Waals surface area contributed by atoms with Crippen LogP contribution >= 0.6 is 22.7 Å². The summed E-state index contributed by atoms with van der Waals surface area (Å²) < 4.78 is 10.6. The van der Waals surface area contributed by atoms with Crippen LogP contribution in [0.25, 0.3) is 106 Å². The maximum atomic E-state index is 2.64. The van der Waals surface area contributed by atoms with E-state index in [1.54, 1.807) is 0 Å². The molecule has 12 aromatic rings. The van der Waals surface area contributed by atoms with Crippen molar-refractivity contribution < 1.29 is 0 Å². The summed E-state index contributed by atoms with van der Waals surface area (Å²) in [5.41, 5.74) is 12.1. The highest BCUT2D eigenvalue weighted by atomic mass is 32.1. The Hall–Kier alpha value is -5.88. The Balaban J connectivity index is 1.21. The maximum absolute atomic E-state index is 2.64. The van der Waals surface area contributed by atoms with Crippen molar-refractivity contribution in [1.82, 2.24) is 9.13 Å². The lowest BCUT2D eigenvalue weighted by Gasteiger charge is -2.34. The number of hydrogen-bond donors (Lipinski definition) is 0. The lowest BCUT2D eigenvalue weighted by atomic mass is 9.34. The van der Waals surface area contributed by atoms with Crippen LogP contribution in [0.5, 0.6) is 0 Å². The molecule has 0 radical (unpaired) electrons. The van der Waals surface area contributed by atoms with Gasteiger partial charge in [0.1, 0.15) is 0 Å². The largest absolute Gasteiger partial charge is 0.310 e. The van der Waals surface area contributed by atoms with Crippen molar-refractivity contribution in [1.29, 1.82) is 0 Å². The third-order valence-electron chi connectivity index (χ3n) is 12.0. The van der Waals surface area contributed by atoms with Crippen LogP contribution in [0.2, 0.25) is 0 Å². The summed E-state index contributed by atoms with van der Waals surface area (Å²) in [5, 5.41) is 13.3. The molecule has 5 heteroatoms. The van der Waals surface area contributed by atoms with Gasteiger partial charge in [0.2, 0.25) is 0 Å². The van der Waals surface area contributed by atoms with Crippen molar-refractivity contribution >= 4 is 141 Å². The summed E-state index contributed by atoms with van der Waals surface area (Å²) in [5.74, 6) is 0. The molecule has 0 spiro atoms. The van der Waals surface area contributed by atoms with Crippen molar-refractivity contribution in [2.24, 2.45) is 0 Å². The smallest absolute Gasteiger partial charge is 0.252 e. The van der Waals surface area contributed by atoms with Gasteiger partial charge in [0.05, 0.1) is 16.7 Å². The van der Waals surface area contributed by atoms with Gasteiger partial charge in [-0.1, -0.05) is 97.1 Å². The number of hydrogen-bond acceptors (Lipinski definition) is 2. The third-order valence-corrected chi connectivity index (χ3v) is 14.3. The van der Waals surface area contributed by atoms with Gasteiger partial charge >= 0.3 is 0 Å². The van der Waals surface area contributed by atoms with Gasteiger partial charge in [0.25, 0.3) is 6.71 Å². The monoisotopic (exact) mass is 678 g/mol. The Morgan fingerprint density at radius 3 is 1.57 bits per heavy atom. The number of fused-ring (bicyclic) bond motifs is 18. The zero-order valence-electron chi connectivity index (χ0n) is 27.1. The zero-order valence-corrected chi connectivity index (χ0v) is 28.7. The van der Waals surface area contributed by atoms with Gasteiger partial charge in [-0.15, -0.1) is 22.7 Å². The predicted molar refractivity (Wildman–Crippen MR) is 223 cm³/mol. The number of para-hydroxylation sites is 2. The van der Waals surface area contributed by atoms with Crippen molar-refractivity contribution in [3.05, 3.63) is 140 Å². The quantitative estimate of drug-likeness (QED) is 0.141. The average Bonchev–Trinajstić information content (AvgIpc) is 3.91. The summed E-state index contributed by atoms with van der Waals surface area (Å²) in [4.78, 5) is 0. The highest BCUT2D eigenvalue weighted by molar-refractivity contribution is 7.26. The fraction of sp³-hybridized carbons (Fsp3) is 0. The standard InChI is InChI=1S/C46H23BN2S2/c1-2-10-25-24(9-1)19-38-43-46(25)49-37-23-42-33(27-12-4-6-18-40(27)51-42)21-31(37)29-14-8-16-35(45(29)49)47(43)34-15-7-13-28-30-20-32-26-11-3-5-17-39(26)50-41(32)22-36(30)48(38)44(28)34/h1-23H. The lowest BCUT2D eigenvalue weighted by molar-refractivity contribution is 1.16. The zero-order chi connectivity index (χ0) is 32.7. The summed E-state index contributed by atoms with van der Waals surface area (Å²) in [7, 11) is 0. The van der Waals surface area contributed by atoms with Crippen LogP contribution < -0.4 is 16.4 Å². The van der Waals surface area contributed by atoms with E-state index in [2.05, 4.69) is 149 Å². The molecule has 0 fully saturated rings. The molecule has 0 N–H and O–H groups in total.